The number of aromatic nitrogens is 2. The van der Waals surface area contributed by atoms with E-state index in [-0.39, 0.29) is 0 Å². The molecule has 3 rings (SSSR count). The maximum absolute atomic E-state index is 6.19. The minimum atomic E-state index is 0.440. The lowest BCUT2D eigenvalue weighted by Gasteiger charge is -2.07. The number of aryl methyl sites for hydroxylation is 1. The summed E-state index contributed by atoms with van der Waals surface area (Å²) in [7, 11) is 0. The molecule has 0 unspecified atom stereocenters. The van der Waals surface area contributed by atoms with E-state index in [2.05, 4.69) is 9.97 Å². The molecule has 0 amide bonds. The lowest BCUT2D eigenvalue weighted by Crippen LogP contribution is -1.98. The van der Waals surface area contributed by atoms with Crippen LogP contribution in [0.2, 0.25) is 5.02 Å². The minimum Gasteiger partial charge on any atom is -0.384 e. The predicted molar refractivity (Wildman–Crippen MR) is 87.1 cm³/mol. The number of anilines is 1. The van der Waals surface area contributed by atoms with E-state index in [0.717, 1.165) is 22.4 Å². The van der Waals surface area contributed by atoms with Crippen molar-refractivity contribution in [3.05, 3.63) is 65.2 Å². The van der Waals surface area contributed by atoms with Gasteiger partial charge in [-0.05, 0) is 18.6 Å². The molecule has 0 aliphatic heterocycles. The summed E-state index contributed by atoms with van der Waals surface area (Å²) >= 11 is 6.19. The van der Waals surface area contributed by atoms with Crippen molar-refractivity contribution in [2.75, 3.05) is 5.73 Å². The Morgan fingerprint density at radius 3 is 2.38 bits per heavy atom. The van der Waals surface area contributed by atoms with Gasteiger partial charge in [0.1, 0.15) is 5.82 Å². The number of halogens is 1. The highest BCUT2D eigenvalue weighted by molar-refractivity contribution is 6.31. The number of benzene rings is 2. The van der Waals surface area contributed by atoms with E-state index < -0.39 is 0 Å². The first kappa shape index (κ1) is 13.6. The molecule has 4 heteroatoms. The quantitative estimate of drug-likeness (QED) is 0.764. The van der Waals surface area contributed by atoms with Crippen LogP contribution in [-0.4, -0.2) is 9.97 Å². The predicted octanol–water partition coefficient (Wildman–Crippen LogP) is 4.35. The summed E-state index contributed by atoms with van der Waals surface area (Å²) in [6.45, 7) is 1.97. The number of nitrogens with zero attached hydrogens (tertiary/aromatic N) is 2. The van der Waals surface area contributed by atoms with Crippen molar-refractivity contribution in [1.82, 2.24) is 9.97 Å². The van der Waals surface area contributed by atoms with E-state index >= 15 is 0 Å². The topological polar surface area (TPSA) is 51.8 Å². The van der Waals surface area contributed by atoms with Gasteiger partial charge in [-0.15, -0.1) is 0 Å². The van der Waals surface area contributed by atoms with Gasteiger partial charge >= 0.3 is 0 Å². The Hall–Kier alpha value is -2.39. The molecule has 0 saturated carbocycles. The molecule has 0 saturated heterocycles. The molecule has 104 valence electrons. The van der Waals surface area contributed by atoms with Gasteiger partial charge in [-0.2, -0.15) is 0 Å². The van der Waals surface area contributed by atoms with E-state index in [1.54, 1.807) is 6.07 Å². The van der Waals surface area contributed by atoms with Gasteiger partial charge in [0.15, 0.2) is 5.82 Å². The second-order valence-corrected chi connectivity index (χ2v) is 5.24. The number of rotatable bonds is 2. The Morgan fingerprint density at radius 1 is 0.905 bits per heavy atom. The summed E-state index contributed by atoms with van der Waals surface area (Å²) in [5.74, 6) is 1.05. The van der Waals surface area contributed by atoms with Gasteiger partial charge in [0.2, 0.25) is 0 Å². The normalized spacial score (nSPS) is 10.6. The first-order chi connectivity index (χ1) is 10.1. The van der Waals surface area contributed by atoms with E-state index in [0.29, 0.717) is 16.7 Å². The summed E-state index contributed by atoms with van der Waals surface area (Å²) in [6.07, 6.45) is 0. The second kappa shape index (κ2) is 5.54. The van der Waals surface area contributed by atoms with Crippen LogP contribution in [0.1, 0.15) is 5.56 Å². The van der Waals surface area contributed by atoms with Crippen molar-refractivity contribution in [2.45, 2.75) is 6.92 Å². The van der Waals surface area contributed by atoms with Gasteiger partial charge < -0.3 is 5.73 Å². The van der Waals surface area contributed by atoms with Gasteiger partial charge in [0.05, 0.1) is 5.69 Å². The van der Waals surface area contributed by atoms with Crippen LogP contribution in [0.5, 0.6) is 0 Å². The highest BCUT2D eigenvalue weighted by atomic mass is 35.5. The molecule has 0 radical (unpaired) electrons. The third-order valence-corrected chi connectivity index (χ3v) is 3.65. The fraction of sp³-hybridized carbons (Fsp3) is 0.0588. The zero-order chi connectivity index (χ0) is 14.8. The lowest BCUT2D eigenvalue weighted by atomic mass is 10.1. The third kappa shape index (κ3) is 2.88. The average molecular weight is 296 g/mol. The van der Waals surface area contributed by atoms with Crippen LogP contribution in [0.3, 0.4) is 0 Å². The van der Waals surface area contributed by atoms with Crippen molar-refractivity contribution < 1.29 is 0 Å². The number of nitrogens with two attached hydrogens (primary N) is 1. The standard InChI is InChI=1S/C17H14ClN3/c1-11-7-8-13(9-14(11)18)15-10-16(19)21-17(20-15)12-5-3-2-4-6-12/h2-10H,1H3,(H2,19,20,21). The molecule has 3 aromatic rings. The largest absolute Gasteiger partial charge is 0.384 e. The molecular formula is C17H14ClN3. The van der Waals surface area contributed by atoms with Crippen molar-refractivity contribution >= 4 is 17.4 Å². The Morgan fingerprint density at radius 2 is 1.67 bits per heavy atom. The van der Waals surface area contributed by atoms with E-state index in [9.17, 15) is 0 Å². The van der Waals surface area contributed by atoms with Gasteiger partial charge in [-0.1, -0.05) is 54.1 Å². The van der Waals surface area contributed by atoms with E-state index in [1.165, 1.54) is 0 Å². The van der Waals surface area contributed by atoms with E-state index in [4.69, 9.17) is 17.3 Å². The monoisotopic (exact) mass is 295 g/mol. The zero-order valence-corrected chi connectivity index (χ0v) is 12.3. The van der Waals surface area contributed by atoms with Gasteiger partial charge in [-0.3, -0.25) is 0 Å². The molecule has 0 aliphatic rings. The Labute approximate surface area is 128 Å². The molecule has 1 heterocycles. The van der Waals surface area contributed by atoms with Gasteiger partial charge in [0, 0.05) is 22.2 Å². The Balaban J connectivity index is 2.11. The highest BCUT2D eigenvalue weighted by Crippen LogP contribution is 2.26. The van der Waals surface area contributed by atoms with Crippen molar-refractivity contribution in [2.24, 2.45) is 0 Å². The number of nitrogen functional groups attached to an aromatic ring is 1. The summed E-state index contributed by atoms with van der Waals surface area (Å²) in [5.41, 5.74) is 9.58. The molecule has 2 N–H and O–H groups in total. The summed E-state index contributed by atoms with van der Waals surface area (Å²) < 4.78 is 0. The van der Waals surface area contributed by atoms with Crippen molar-refractivity contribution in [3.63, 3.8) is 0 Å². The number of hydrogen-bond donors (Lipinski definition) is 1. The smallest absolute Gasteiger partial charge is 0.162 e. The zero-order valence-electron chi connectivity index (χ0n) is 11.5. The molecule has 3 nitrogen and oxygen atoms in total. The molecule has 2 aromatic carbocycles. The molecule has 0 aliphatic carbocycles. The maximum atomic E-state index is 6.19. The summed E-state index contributed by atoms with van der Waals surface area (Å²) in [5, 5.41) is 0.714. The van der Waals surface area contributed by atoms with Crippen LogP contribution in [-0.2, 0) is 0 Å². The molecular weight excluding hydrogens is 282 g/mol. The van der Waals surface area contributed by atoms with Crippen LogP contribution >= 0.6 is 11.6 Å². The van der Waals surface area contributed by atoms with Crippen LogP contribution in [0.25, 0.3) is 22.6 Å². The summed E-state index contributed by atoms with van der Waals surface area (Å²) in [4.78, 5) is 8.90. The average Bonchev–Trinajstić information content (AvgIpc) is 2.50. The van der Waals surface area contributed by atoms with Crippen LogP contribution in [0.4, 0.5) is 5.82 Å². The fourth-order valence-electron chi connectivity index (χ4n) is 2.08. The van der Waals surface area contributed by atoms with Crippen LogP contribution in [0.15, 0.2) is 54.6 Å². The molecule has 1 aromatic heterocycles. The van der Waals surface area contributed by atoms with Crippen LogP contribution in [0, 0.1) is 6.92 Å². The Bertz CT molecular complexity index is 785. The second-order valence-electron chi connectivity index (χ2n) is 4.83. The fourth-order valence-corrected chi connectivity index (χ4v) is 2.26. The number of hydrogen-bond acceptors (Lipinski definition) is 3. The first-order valence-electron chi connectivity index (χ1n) is 6.60. The minimum absolute atomic E-state index is 0.440. The molecule has 0 atom stereocenters. The van der Waals surface area contributed by atoms with Crippen molar-refractivity contribution in [1.29, 1.82) is 0 Å². The SMILES string of the molecule is Cc1ccc(-c2cc(N)nc(-c3ccccc3)n2)cc1Cl. The van der Waals surface area contributed by atoms with Crippen LogP contribution < -0.4 is 5.73 Å². The molecule has 21 heavy (non-hydrogen) atoms. The molecule has 0 fully saturated rings. The third-order valence-electron chi connectivity index (χ3n) is 3.25. The first-order valence-corrected chi connectivity index (χ1v) is 6.98. The maximum Gasteiger partial charge on any atom is 0.162 e. The highest BCUT2D eigenvalue weighted by Gasteiger charge is 2.08. The van der Waals surface area contributed by atoms with Gasteiger partial charge in [0.25, 0.3) is 0 Å². The Kier molecular flexibility index (Phi) is 3.59. The summed E-state index contributed by atoms with van der Waals surface area (Å²) in [6, 6.07) is 17.4. The lowest BCUT2D eigenvalue weighted by molar-refractivity contribution is 1.19. The molecule has 0 spiro atoms. The molecule has 0 bridgehead atoms. The van der Waals surface area contributed by atoms with E-state index in [1.807, 2.05) is 55.5 Å². The van der Waals surface area contributed by atoms with Gasteiger partial charge in [-0.25, -0.2) is 9.97 Å². The van der Waals surface area contributed by atoms with Crippen molar-refractivity contribution in [3.8, 4) is 22.6 Å².